The van der Waals surface area contributed by atoms with Crippen LogP contribution in [0.25, 0.3) is 21.3 Å². The van der Waals surface area contributed by atoms with Gasteiger partial charge in [-0.15, -0.1) is 11.3 Å². The summed E-state index contributed by atoms with van der Waals surface area (Å²) in [6.45, 7) is 0. The first kappa shape index (κ1) is 13.5. The molecule has 0 unspecified atom stereocenters. The fraction of sp³-hybridized carbons (Fsp3) is 0.250. The van der Waals surface area contributed by atoms with Crippen LogP contribution in [-0.4, -0.2) is 23.1 Å². The van der Waals surface area contributed by atoms with Crippen LogP contribution >= 0.6 is 11.3 Å². The predicted molar refractivity (Wildman–Crippen MR) is 87.1 cm³/mol. The van der Waals surface area contributed by atoms with Crippen molar-refractivity contribution in [1.29, 1.82) is 0 Å². The largest absolute Gasteiger partial charge is 0.342 e. The molecule has 1 saturated carbocycles. The first-order chi connectivity index (χ1) is 10.6. The van der Waals surface area contributed by atoms with E-state index in [2.05, 4.69) is 9.97 Å². The van der Waals surface area contributed by atoms with Gasteiger partial charge in [0.2, 0.25) is 5.95 Å². The zero-order chi connectivity index (χ0) is 15.3. The molecule has 1 aliphatic rings. The molecule has 22 heavy (non-hydrogen) atoms. The van der Waals surface area contributed by atoms with Crippen LogP contribution in [0.5, 0.6) is 0 Å². The van der Waals surface area contributed by atoms with Gasteiger partial charge in [0.15, 0.2) is 0 Å². The third-order valence-corrected chi connectivity index (χ3v) is 4.89. The van der Waals surface area contributed by atoms with E-state index >= 15 is 0 Å². The molecule has 6 heteroatoms. The minimum Gasteiger partial charge on any atom is -0.342 e. The van der Waals surface area contributed by atoms with Gasteiger partial charge in [0.25, 0.3) is 5.56 Å². The number of halogens is 1. The Bertz CT molecular complexity index is 896. The van der Waals surface area contributed by atoms with Gasteiger partial charge in [-0.2, -0.15) is 0 Å². The third kappa shape index (κ3) is 2.20. The van der Waals surface area contributed by atoms with Crippen LogP contribution in [0.15, 0.2) is 34.4 Å². The Morgan fingerprint density at radius 3 is 2.73 bits per heavy atom. The van der Waals surface area contributed by atoms with Crippen molar-refractivity contribution >= 4 is 27.5 Å². The molecule has 1 aliphatic carbocycles. The lowest BCUT2D eigenvalue weighted by Crippen LogP contribution is -2.24. The Labute approximate surface area is 130 Å². The quantitative estimate of drug-likeness (QED) is 0.806. The Kier molecular flexibility index (Phi) is 3.00. The number of nitrogens with one attached hydrogen (secondary N) is 1. The number of H-pyrrole nitrogens is 1. The SMILES string of the molecule is CN(c1nc2scc(-c3ccc(F)cc3)c2c(=O)[nH]1)C1CC1. The van der Waals surface area contributed by atoms with E-state index in [0.29, 0.717) is 22.2 Å². The van der Waals surface area contributed by atoms with Gasteiger partial charge in [-0.25, -0.2) is 9.37 Å². The topological polar surface area (TPSA) is 49.0 Å². The summed E-state index contributed by atoms with van der Waals surface area (Å²) < 4.78 is 13.1. The van der Waals surface area contributed by atoms with E-state index in [9.17, 15) is 9.18 Å². The summed E-state index contributed by atoms with van der Waals surface area (Å²) in [5.41, 5.74) is 1.48. The average molecular weight is 315 g/mol. The summed E-state index contributed by atoms with van der Waals surface area (Å²) in [7, 11) is 1.95. The highest BCUT2D eigenvalue weighted by Crippen LogP contribution is 2.33. The van der Waals surface area contributed by atoms with Gasteiger partial charge in [0.1, 0.15) is 10.6 Å². The molecule has 0 amide bonds. The maximum atomic E-state index is 13.1. The van der Waals surface area contributed by atoms with Crippen molar-refractivity contribution in [2.45, 2.75) is 18.9 Å². The lowest BCUT2D eigenvalue weighted by Gasteiger charge is -2.16. The van der Waals surface area contributed by atoms with Crippen LogP contribution in [0.2, 0.25) is 0 Å². The Balaban J connectivity index is 1.85. The summed E-state index contributed by atoms with van der Waals surface area (Å²) in [6, 6.07) is 6.64. The Morgan fingerprint density at radius 2 is 2.05 bits per heavy atom. The van der Waals surface area contributed by atoms with Gasteiger partial charge in [0.05, 0.1) is 5.39 Å². The molecule has 4 rings (SSSR count). The van der Waals surface area contributed by atoms with Crippen LogP contribution < -0.4 is 10.5 Å². The van der Waals surface area contributed by atoms with Crippen molar-refractivity contribution in [2.24, 2.45) is 0 Å². The van der Waals surface area contributed by atoms with Gasteiger partial charge in [-0.3, -0.25) is 9.78 Å². The number of nitrogens with zero attached hydrogens (tertiary/aromatic N) is 2. The highest BCUT2D eigenvalue weighted by molar-refractivity contribution is 7.17. The maximum Gasteiger partial charge on any atom is 0.261 e. The second-order valence-electron chi connectivity index (χ2n) is 5.57. The van der Waals surface area contributed by atoms with E-state index in [1.165, 1.54) is 23.5 Å². The fourth-order valence-corrected chi connectivity index (χ4v) is 3.52. The minimum atomic E-state index is -0.288. The second-order valence-corrected chi connectivity index (χ2v) is 6.43. The fourth-order valence-electron chi connectivity index (χ4n) is 2.58. The minimum absolute atomic E-state index is 0.145. The molecule has 0 atom stereocenters. The van der Waals surface area contributed by atoms with E-state index < -0.39 is 0 Å². The molecule has 0 aliphatic heterocycles. The summed E-state index contributed by atoms with van der Waals surface area (Å²) in [5.74, 6) is 0.330. The number of hydrogen-bond donors (Lipinski definition) is 1. The number of hydrogen-bond acceptors (Lipinski definition) is 4. The summed E-state index contributed by atoms with van der Waals surface area (Å²) >= 11 is 1.44. The number of anilines is 1. The van der Waals surface area contributed by atoms with Crippen molar-refractivity contribution in [2.75, 3.05) is 11.9 Å². The molecule has 2 aromatic heterocycles. The molecule has 4 nitrogen and oxygen atoms in total. The molecule has 112 valence electrons. The predicted octanol–water partition coefficient (Wildman–Crippen LogP) is 3.39. The Hall–Kier alpha value is -2.21. The van der Waals surface area contributed by atoms with Crippen molar-refractivity contribution in [3.8, 4) is 11.1 Å². The number of thiophene rings is 1. The van der Waals surface area contributed by atoms with Crippen molar-refractivity contribution in [3.05, 3.63) is 45.8 Å². The van der Waals surface area contributed by atoms with Gasteiger partial charge in [0, 0.05) is 24.0 Å². The number of benzene rings is 1. The zero-order valence-corrected chi connectivity index (χ0v) is 12.8. The van der Waals surface area contributed by atoms with Crippen LogP contribution in [0.3, 0.4) is 0 Å². The highest BCUT2D eigenvalue weighted by Gasteiger charge is 2.28. The van der Waals surface area contributed by atoms with E-state index in [-0.39, 0.29) is 11.4 Å². The van der Waals surface area contributed by atoms with E-state index in [1.54, 1.807) is 12.1 Å². The molecular weight excluding hydrogens is 301 g/mol. The van der Waals surface area contributed by atoms with E-state index in [0.717, 1.165) is 24.0 Å². The van der Waals surface area contributed by atoms with Gasteiger partial charge in [-0.05, 0) is 30.5 Å². The van der Waals surface area contributed by atoms with E-state index in [1.807, 2.05) is 17.3 Å². The number of rotatable bonds is 3. The van der Waals surface area contributed by atoms with Gasteiger partial charge >= 0.3 is 0 Å². The molecule has 0 radical (unpaired) electrons. The van der Waals surface area contributed by atoms with Crippen molar-refractivity contribution < 1.29 is 4.39 Å². The molecule has 2 heterocycles. The monoisotopic (exact) mass is 315 g/mol. The normalized spacial score (nSPS) is 14.5. The van der Waals surface area contributed by atoms with Gasteiger partial charge in [-0.1, -0.05) is 12.1 Å². The van der Waals surface area contributed by atoms with Crippen molar-refractivity contribution in [1.82, 2.24) is 9.97 Å². The first-order valence-corrected chi connectivity index (χ1v) is 8.02. The molecule has 0 spiro atoms. The second kappa shape index (κ2) is 4.91. The zero-order valence-electron chi connectivity index (χ0n) is 12.0. The van der Waals surface area contributed by atoms with Crippen LogP contribution in [0.1, 0.15) is 12.8 Å². The molecule has 1 fully saturated rings. The van der Waals surface area contributed by atoms with Crippen LogP contribution in [-0.2, 0) is 0 Å². The number of aromatic nitrogens is 2. The molecule has 0 bridgehead atoms. The van der Waals surface area contributed by atoms with Gasteiger partial charge < -0.3 is 4.90 Å². The Morgan fingerprint density at radius 1 is 1.32 bits per heavy atom. The molecule has 1 N–H and O–H groups in total. The molecule has 0 saturated heterocycles. The van der Waals surface area contributed by atoms with Crippen LogP contribution in [0, 0.1) is 5.82 Å². The van der Waals surface area contributed by atoms with Crippen molar-refractivity contribution in [3.63, 3.8) is 0 Å². The standard InChI is InChI=1S/C16H14FN3OS/c1-20(11-6-7-11)16-18-14(21)13-12(8-22-15(13)19-16)9-2-4-10(17)5-3-9/h2-5,8,11H,6-7H2,1H3,(H,18,19,21). The van der Waals surface area contributed by atoms with E-state index in [4.69, 9.17) is 0 Å². The molecular formula is C16H14FN3OS. The maximum absolute atomic E-state index is 13.1. The summed E-state index contributed by atoms with van der Waals surface area (Å²) in [5, 5.41) is 2.48. The number of aromatic amines is 1. The summed E-state index contributed by atoms with van der Waals surface area (Å²) in [4.78, 5) is 22.7. The lowest BCUT2D eigenvalue weighted by molar-refractivity contribution is 0.628. The number of fused-ring (bicyclic) bond motifs is 1. The lowest BCUT2D eigenvalue weighted by atomic mass is 10.1. The smallest absolute Gasteiger partial charge is 0.261 e. The molecule has 1 aromatic carbocycles. The first-order valence-electron chi connectivity index (χ1n) is 7.14. The highest BCUT2D eigenvalue weighted by atomic mass is 32.1. The average Bonchev–Trinajstić information content (AvgIpc) is 3.27. The summed E-state index contributed by atoms with van der Waals surface area (Å²) in [6.07, 6.45) is 2.28. The molecule has 3 aromatic rings. The van der Waals surface area contributed by atoms with Crippen LogP contribution in [0.4, 0.5) is 10.3 Å². The third-order valence-electron chi connectivity index (χ3n) is 4.02.